The Morgan fingerprint density at radius 1 is 1.06 bits per heavy atom. The number of hydrogen-bond acceptors (Lipinski definition) is 7. The van der Waals surface area contributed by atoms with E-state index in [0.29, 0.717) is 0 Å². The number of rotatable bonds is 3. The molecular weight excluding hydrogens is 316 g/mol. The maximum Gasteiger partial charge on any atom is 0.0749 e. The van der Waals surface area contributed by atoms with Crippen LogP contribution in [0.4, 0.5) is 0 Å². The molecule has 2 rings (SSSR count). The van der Waals surface area contributed by atoms with Crippen LogP contribution in [0.3, 0.4) is 0 Å². The second-order valence-corrected chi connectivity index (χ2v) is 9.45. The molecule has 88 valence electrons. The molecule has 2 heterocycles. The Balaban J connectivity index is 2.09. The van der Waals surface area contributed by atoms with Gasteiger partial charge in [0.2, 0.25) is 0 Å². The molecule has 0 amide bonds. The van der Waals surface area contributed by atoms with E-state index >= 15 is 0 Å². The molecule has 1 nitrogen and oxygen atoms in total. The fourth-order valence-electron chi connectivity index (χ4n) is 1.05. The first-order valence-corrected chi connectivity index (χ1v) is 10.1. The van der Waals surface area contributed by atoms with Crippen molar-refractivity contribution in [2.45, 2.75) is 0 Å². The maximum atomic E-state index is 9.07. The molecule has 0 atom stereocenters. The van der Waals surface area contributed by atoms with E-state index in [2.05, 4.69) is 12.5 Å². The molecule has 0 aromatic carbocycles. The summed E-state index contributed by atoms with van der Waals surface area (Å²) in [7, 11) is 0. The van der Waals surface area contributed by atoms with E-state index in [0.717, 1.165) is 4.91 Å². The van der Waals surface area contributed by atoms with Crippen LogP contribution < -0.4 is 0 Å². The fourth-order valence-corrected chi connectivity index (χ4v) is 8.53. The van der Waals surface area contributed by atoms with Gasteiger partial charge < -0.3 is 5.11 Å². The highest BCUT2D eigenvalue weighted by Gasteiger charge is 2.25. The van der Waals surface area contributed by atoms with Gasteiger partial charge in [-0.1, -0.05) is 47.0 Å². The Hall–Kier alpha value is 1.28. The van der Waals surface area contributed by atoms with Crippen molar-refractivity contribution in [1.29, 1.82) is 0 Å². The standard InChI is InChI=1S/C9H10OS6/c1-11-6-7(12-2)16-9(15-6)8-13-4-5(3-10)14-8/h4,10H,3H2,1-2H3. The van der Waals surface area contributed by atoms with Crippen molar-refractivity contribution in [3.8, 4) is 0 Å². The SMILES string of the molecule is CSC1=C(SC)SC(=C2SC=C(CO)S2)S1. The summed E-state index contributed by atoms with van der Waals surface area (Å²) in [6, 6.07) is 0. The second-order valence-electron chi connectivity index (χ2n) is 2.72. The molecule has 0 saturated carbocycles. The molecule has 0 bridgehead atoms. The highest BCUT2D eigenvalue weighted by atomic mass is 32.3. The molecule has 1 N–H and O–H groups in total. The Morgan fingerprint density at radius 3 is 2.12 bits per heavy atom. The van der Waals surface area contributed by atoms with Gasteiger partial charge in [0.1, 0.15) is 0 Å². The first kappa shape index (κ1) is 13.7. The lowest BCUT2D eigenvalue weighted by molar-refractivity contribution is 0.340. The van der Waals surface area contributed by atoms with Crippen LogP contribution in [0.5, 0.6) is 0 Å². The monoisotopic (exact) mass is 326 g/mol. The molecule has 2 aliphatic rings. The van der Waals surface area contributed by atoms with Gasteiger partial charge in [0.25, 0.3) is 0 Å². The van der Waals surface area contributed by atoms with Crippen LogP contribution in [0.25, 0.3) is 0 Å². The van der Waals surface area contributed by atoms with Crippen molar-refractivity contribution in [1.82, 2.24) is 0 Å². The lowest BCUT2D eigenvalue weighted by Crippen LogP contribution is -1.78. The number of aliphatic hydroxyl groups is 1. The van der Waals surface area contributed by atoms with Gasteiger partial charge in [-0.2, -0.15) is 0 Å². The van der Waals surface area contributed by atoms with E-state index in [-0.39, 0.29) is 6.61 Å². The van der Waals surface area contributed by atoms with E-state index in [1.165, 1.54) is 16.9 Å². The summed E-state index contributed by atoms with van der Waals surface area (Å²) in [5.74, 6) is 0. The topological polar surface area (TPSA) is 20.2 Å². The third kappa shape index (κ3) is 2.99. The summed E-state index contributed by atoms with van der Waals surface area (Å²) in [6.07, 6.45) is 4.25. The number of aliphatic hydroxyl groups excluding tert-OH is 1. The molecule has 16 heavy (non-hydrogen) atoms. The van der Waals surface area contributed by atoms with Crippen LogP contribution in [0.2, 0.25) is 0 Å². The molecule has 0 spiro atoms. The van der Waals surface area contributed by atoms with Gasteiger partial charge in [0, 0.05) is 4.91 Å². The van der Waals surface area contributed by atoms with Gasteiger partial charge >= 0.3 is 0 Å². The molecule has 2 aliphatic heterocycles. The van der Waals surface area contributed by atoms with E-state index in [1.54, 1.807) is 23.5 Å². The van der Waals surface area contributed by atoms with Gasteiger partial charge in [0.05, 0.1) is 23.6 Å². The van der Waals surface area contributed by atoms with Gasteiger partial charge in [0.15, 0.2) is 0 Å². The number of hydrogen-bond donors (Lipinski definition) is 1. The smallest absolute Gasteiger partial charge is 0.0749 e. The highest BCUT2D eigenvalue weighted by Crippen LogP contribution is 2.61. The van der Waals surface area contributed by atoms with Gasteiger partial charge in [-0.25, -0.2) is 0 Å². The fraction of sp³-hybridized carbons (Fsp3) is 0.333. The maximum absolute atomic E-state index is 9.07. The Bertz CT molecular complexity index is 365. The number of thioether (sulfide) groups is 6. The normalized spacial score (nSPS) is 21.1. The lowest BCUT2D eigenvalue weighted by Gasteiger charge is -2.01. The van der Waals surface area contributed by atoms with E-state index in [4.69, 9.17) is 5.11 Å². The van der Waals surface area contributed by atoms with Crippen LogP contribution in [-0.2, 0) is 0 Å². The Kier molecular flexibility index (Phi) is 5.52. The van der Waals surface area contributed by atoms with Crippen molar-refractivity contribution < 1.29 is 5.11 Å². The van der Waals surface area contributed by atoms with Gasteiger partial charge in [-0.15, -0.1) is 23.5 Å². The molecule has 0 unspecified atom stereocenters. The summed E-state index contributed by atoms with van der Waals surface area (Å²) < 4.78 is 5.48. The van der Waals surface area contributed by atoms with Crippen LogP contribution in [0, 0.1) is 0 Å². The minimum atomic E-state index is 0.155. The second kappa shape index (κ2) is 6.45. The van der Waals surface area contributed by atoms with Crippen molar-refractivity contribution in [2.24, 2.45) is 0 Å². The summed E-state index contributed by atoms with van der Waals surface area (Å²) in [5.41, 5.74) is 0. The molecule has 0 aromatic rings. The van der Waals surface area contributed by atoms with E-state index in [9.17, 15) is 0 Å². The first-order valence-electron chi connectivity index (χ1n) is 4.35. The molecular formula is C9H10OS6. The molecule has 0 fully saturated rings. The molecule has 0 saturated heterocycles. The first-order chi connectivity index (χ1) is 7.78. The molecule has 0 aromatic heterocycles. The van der Waals surface area contributed by atoms with Crippen LogP contribution >= 0.6 is 70.6 Å². The van der Waals surface area contributed by atoms with Crippen LogP contribution in [0.15, 0.2) is 27.3 Å². The summed E-state index contributed by atoms with van der Waals surface area (Å²) in [4.78, 5) is 1.05. The molecule has 0 radical (unpaired) electrons. The quantitative estimate of drug-likeness (QED) is 0.796. The van der Waals surface area contributed by atoms with Crippen LogP contribution in [-0.4, -0.2) is 24.2 Å². The molecule has 7 heteroatoms. The predicted molar refractivity (Wildman–Crippen MR) is 86.6 cm³/mol. The third-order valence-electron chi connectivity index (χ3n) is 1.75. The van der Waals surface area contributed by atoms with Crippen molar-refractivity contribution in [3.63, 3.8) is 0 Å². The highest BCUT2D eigenvalue weighted by molar-refractivity contribution is 8.42. The Labute approximate surface area is 121 Å². The summed E-state index contributed by atoms with van der Waals surface area (Å²) >= 11 is 10.8. The minimum absolute atomic E-state index is 0.155. The van der Waals surface area contributed by atoms with E-state index in [1.807, 2.05) is 52.5 Å². The van der Waals surface area contributed by atoms with Crippen molar-refractivity contribution in [2.75, 3.05) is 19.1 Å². The third-order valence-corrected chi connectivity index (χ3v) is 9.90. The summed E-state index contributed by atoms with van der Waals surface area (Å²) in [6.45, 7) is 0.155. The zero-order valence-electron chi connectivity index (χ0n) is 8.68. The lowest BCUT2D eigenvalue weighted by atomic mass is 10.7. The molecule has 0 aliphatic carbocycles. The average Bonchev–Trinajstić information content (AvgIpc) is 2.94. The van der Waals surface area contributed by atoms with Crippen molar-refractivity contribution in [3.05, 3.63) is 27.3 Å². The zero-order valence-corrected chi connectivity index (χ0v) is 13.6. The summed E-state index contributed by atoms with van der Waals surface area (Å²) in [5, 5.41) is 11.1. The average molecular weight is 327 g/mol. The minimum Gasteiger partial charge on any atom is -0.391 e. The van der Waals surface area contributed by atoms with Crippen molar-refractivity contribution >= 4 is 70.6 Å². The Morgan fingerprint density at radius 2 is 1.69 bits per heavy atom. The predicted octanol–water partition coefficient (Wildman–Crippen LogP) is 4.76. The zero-order chi connectivity index (χ0) is 11.5. The largest absolute Gasteiger partial charge is 0.391 e. The van der Waals surface area contributed by atoms with Gasteiger partial charge in [-0.3, -0.25) is 0 Å². The van der Waals surface area contributed by atoms with Gasteiger partial charge in [-0.05, 0) is 17.9 Å². The van der Waals surface area contributed by atoms with Crippen LogP contribution in [0.1, 0.15) is 0 Å². The van der Waals surface area contributed by atoms with E-state index < -0.39 is 0 Å².